The Kier molecular flexibility index (Phi) is 5.93. The van der Waals surface area contributed by atoms with Gasteiger partial charge in [0.15, 0.2) is 10.1 Å². The van der Waals surface area contributed by atoms with E-state index in [1.165, 1.54) is 18.5 Å². The van der Waals surface area contributed by atoms with Gasteiger partial charge in [-0.05, 0) is 41.7 Å². The molecule has 0 spiro atoms. The predicted octanol–water partition coefficient (Wildman–Crippen LogP) is 3.06. The summed E-state index contributed by atoms with van der Waals surface area (Å²) in [4.78, 5) is 19.9. The van der Waals surface area contributed by atoms with Crippen LogP contribution in [0.5, 0.6) is 0 Å². The fourth-order valence-corrected chi connectivity index (χ4v) is 4.50. The van der Waals surface area contributed by atoms with Gasteiger partial charge in [0, 0.05) is 12.4 Å². The summed E-state index contributed by atoms with van der Waals surface area (Å²) in [6.07, 6.45) is 3.41. The van der Waals surface area contributed by atoms with Crippen LogP contribution in [-0.2, 0) is 21.1 Å². The van der Waals surface area contributed by atoms with Gasteiger partial charge in [0.05, 0.1) is 11.6 Å². The summed E-state index contributed by atoms with van der Waals surface area (Å²) in [6, 6.07) is 13.9. The highest BCUT2D eigenvalue weighted by Crippen LogP contribution is 2.35. The van der Waals surface area contributed by atoms with Crippen molar-refractivity contribution in [3.05, 3.63) is 77.6 Å². The van der Waals surface area contributed by atoms with Crippen molar-refractivity contribution in [2.45, 2.75) is 35.7 Å². The summed E-state index contributed by atoms with van der Waals surface area (Å²) in [5.41, 5.74) is 7.91. The Morgan fingerprint density at radius 1 is 1.10 bits per heavy atom. The highest BCUT2D eigenvalue weighted by Gasteiger charge is 2.31. The fraction of sp³-hybridized carbons (Fsp3) is 0.190. The summed E-state index contributed by atoms with van der Waals surface area (Å²) in [5.74, 6) is -2.02. The third kappa shape index (κ3) is 4.12. The Morgan fingerprint density at radius 3 is 2.38 bits per heavy atom. The average molecular weight is 411 g/mol. The Labute approximate surface area is 169 Å². The van der Waals surface area contributed by atoms with Crippen molar-refractivity contribution in [1.29, 1.82) is 0 Å². The normalized spacial score (nSPS) is 12.4. The van der Waals surface area contributed by atoms with Crippen molar-refractivity contribution in [2.24, 2.45) is 0 Å². The lowest BCUT2D eigenvalue weighted by Gasteiger charge is -2.20. The summed E-state index contributed by atoms with van der Waals surface area (Å²) in [6.45, 7) is 1.72. The van der Waals surface area contributed by atoms with Gasteiger partial charge in [-0.2, -0.15) is 0 Å². The number of nitrogens with zero attached hydrogens (tertiary/aromatic N) is 2. The summed E-state index contributed by atoms with van der Waals surface area (Å²) in [5, 5.41) is 9.15. The van der Waals surface area contributed by atoms with Crippen molar-refractivity contribution < 1.29 is 18.3 Å². The molecule has 29 heavy (non-hydrogen) atoms. The molecule has 0 saturated carbocycles. The molecule has 150 valence electrons. The Hall–Kier alpha value is -3.26. The number of aromatic nitrogens is 2. The first-order valence-corrected chi connectivity index (χ1v) is 10.5. The molecule has 0 aliphatic carbocycles. The van der Waals surface area contributed by atoms with E-state index in [0.29, 0.717) is 12.0 Å². The number of nitrogen functional groups attached to an aromatic ring is 1. The quantitative estimate of drug-likeness (QED) is 0.612. The molecular formula is C21H21N3O4S. The first-order valence-electron chi connectivity index (χ1n) is 9.06. The van der Waals surface area contributed by atoms with Gasteiger partial charge in [-0.1, -0.05) is 43.3 Å². The number of hydrogen-bond acceptors (Lipinski definition) is 6. The van der Waals surface area contributed by atoms with E-state index in [9.17, 15) is 18.3 Å². The predicted molar refractivity (Wildman–Crippen MR) is 108 cm³/mol. The lowest BCUT2D eigenvalue weighted by atomic mass is 9.89. The van der Waals surface area contributed by atoms with Crippen LogP contribution >= 0.6 is 0 Å². The molecule has 0 saturated heterocycles. The first-order chi connectivity index (χ1) is 13.9. The van der Waals surface area contributed by atoms with Crippen molar-refractivity contribution in [1.82, 2.24) is 9.97 Å². The van der Waals surface area contributed by atoms with Crippen LogP contribution < -0.4 is 5.73 Å². The van der Waals surface area contributed by atoms with E-state index in [0.717, 1.165) is 5.56 Å². The smallest absolute Gasteiger partial charge is 0.311 e. The molecule has 0 bridgehead atoms. The van der Waals surface area contributed by atoms with Gasteiger partial charge in [-0.3, -0.25) is 4.79 Å². The minimum atomic E-state index is -4.09. The second kappa shape index (κ2) is 8.40. The molecule has 1 aromatic carbocycles. The maximum Gasteiger partial charge on any atom is 0.311 e. The van der Waals surface area contributed by atoms with Crippen molar-refractivity contribution in [3.63, 3.8) is 0 Å². The number of benzene rings is 1. The largest absolute Gasteiger partial charge is 0.481 e. The topological polar surface area (TPSA) is 123 Å². The van der Waals surface area contributed by atoms with Crippen molar-refractivity contribution in [3.8, 4) is 0 Å². The molecule has 8 heteroatoms. The van der Waals surface area contributed by atoms with E-state index >= 15 is 0 Å². The number of nitrogens with two attached hydrogens (primary N) is 1. The molecule has 2 aromatic heterocycles. The van der Waals surface area contributed by atoms with Gasteiger partial charge >= 0.3 is 5.97 Å². The van der Waals surface area contributed by atoms with E-state index in [1.54, 1.807) is 19.1 Å². The molecule has 3 rings (SSSR count). The number of sulfone groups is 1. The number of rotatable bonds is 7. The molecule has 1 unspecified atom stereocenters. The highest BCUT2D eigenvalue weighted by atomic mass is 32.2. The molecule has 7 nitrogen and oxygen atoms in total. The molecule has 0 amide bonds. The number of pyridine rings is 2. The Morgan fingerprint density at radius 2 is 1.79 bits per heavy atom. The zero-order valence-corrected chi connectivity index (χ0v) is 16.6. The molecule has 1 atom stereocenters. The van der Waals surface area contributed by atoms with Gasteiger partial charge in [-0.25, -0.2) is 18.4 Å². The molecule has 0 aliphatic heterocycles. The third-order valence-electron chi connectivity index (χ3n) is 4.66. The molecule has 3 aromatic rings. The van der Waals surface area contributed by atoms with Gasteiger partial charge in [0.25, 0.3) is 0 Å². The summed E-state index contributed by atoms with van der Waals surface area (Å²) >= 11 is 0. The van der Waals surface area contributed by atoms with Crippen LogP contribution in [-0.4, -0.2) is 29.5 Å². The third-order valence-corrected chi connectivity index (χ3v) is 6.29. The van der Waals surface area contributed by atoms with Gasteiger partial charge in [0.2, 0.25) is 9.84 Å². The maximum absolute atomic E-state index is 13.0. The summed E-state index contributed by atoms with van der Waals surface area (Å²) < 4.78 is 26.0. The molecular weight excluding hydrogens is 390 g/mol. The SMILES string of the molecule is CCC(C(=O)O)c1c(Cc2ccccc2)cnc(S(=O)(=O)c2ccccn2)c1N. The number of hydrogen-bond donors (Lipinski definition) is 2. The monoisotopic (exact) mass is 411 g/mol. The van der Waals surface area contributed by atoms with Crippen molar-refractivity contribution in [2.75, 3.05) is 5.73 Å². The Bertz CT molecular complexity index is 1120. The van der Waals surface area contributed by atoms with E-state index in [1.807, 2.05) is 30.3 Å². The minimum Gasteiger partial charge on any atom is -0.481 e. The lowest BCUT2D eigenvalue weighted by molar-refractivity contribution is -0.138. The van der Waals surface area contributed by atoms with Crippen LogP contribution in [0.4, 0.5) is 5.69 Å². The molecule has 0 aliphatic rings. The van der Waals surface area contributed by atoms with Crippen LogP contribution in [0.15, 0.2) is 71.0 Å². The number of carbonyl (C=O) groups is 1. The zero-order valence-electron chi connectivity index (χ0n) is 15.8. The summed E-state index contributed by atoms with van der Waals surface area (Å²) in [7, 11) is -4.09. The van der Waals surface area contributed by atoms with Gasteiger partial charge in [0.1, 0.15) is 0 Å². The van der Waals surface area contributed by atoms with E-state index in [4.69, 9.17) is 5.73 Å². The van der Waals surface area contributed by atoms with Crippen LogP contribution in [0.3, 0.4) is 0 Å². The minimum absolute atomic E-state index is 0.140. The van der Waals surface area contributed by atoms with Gasteiger partial charge in [-0.15, -0.1) is 0 Å². The van der Waals surface area contributed by atoms with E-state index in [-0.39, 0.29) is 27.7 Å². The van der Waals surface area contributed by atoms with Crippen LogP contribution in [0.1, 0.15) is 36.0 Å². The lowest BCUT2D eigenvalue weighted by Crippen LogP contribution is -2.19. The molecule has 0 fully saturated rings. The average Bonchev–Trinajstić information content (AvgIpc) is 2.71. The molecule has 3 N–H and O–H groups in total. The number of carboxylic acids is 1. The standard InChI is InChI=1S/C21H21N3O4S/c1-2-16(21(25)26)18-15(12-14-8-4-3-5-9-14)13-24-20(19(18)22)29(27,28)17-10-6-7-11-23-17/h3-11,13,16H,2,12,22H2,1H3,(H,25,26). The highest BCUT2D eigenvalue weighted by molar-refractivity contribution is 7.91. The maximum atomic E-state index is 13.0. The molecule has 2 heterocycles. The number of carboxylic acid groups (broad SMARTS) is 1. The fourth-order valence-electron chi connectivity index (χ4n) is 3.25. The number of anilines is 1. The zero-order chi connectivity index (χ0) is 21.0. The van der Waals surface area contributed by atoms with Crippen molar-refractivity contribution >= 4 is 21.5 Å². The van der Waals surface area contributed by atoms with Gasteiger partial charge < -0.3 is 10.8 Å². The van der Waals surface area contributed by atoms with E-state index in [2.05, 4.69) is 9.97 Å². The number of aliphatic carboxylic acids is 1. The second-order valence-corrected chi connectivity index (χ2v) is 8.36. The van der Waals surface area contributed by atoms with E-state index < -0.39 is 21.7 Å². The second-order valence-electron chi connectivity index (χ2n) is 6.55. The van der Waals surface area contributed by atoms with Crippen LogP contribution in [0.25, 0.3) is 0 Å². The van der Waals surface area contributed by atoms with Crippen LogP contribution in [0.2, 0.25) is 0 Å². The molecule has 0 radical (unpaired) electrons. The first kappa shape index (κ1) is 20.5. The van der Waals surface area contributed by atoms with Crippen LogP contribution in [0, 0.1) is 0 Å². The Balaban J connectivity index is 2.20.